The molecule has 4 rings (SSSR count). The highest BCUT2D eigenvalue weighted by Gasteiger charge is 2.08. The summed E-state index contributed by atoms with van der Waals surface area (Å²) in [6.45, 7) is 0. The van der Waals surface area contributed by atoms with Crippen LogP contribution in [0.1, 0.15) is 10.4 Å². The van der Waals surface area contributed by atoms with Crippen molar-refractivity contribution in [3.63, 3.8) is 0 Å². The lowest BCUT2D eigenvalue weighted by Crippen LogP contribution is -2.11. The summed E-state index contributed by atoms with van der Waals surface area (Å²) < 4.78 is 13.2. The Kier molecular flexibility index (Phi) is 4.20. The average Bonchev–Trinajstić information content (AvgIpc) is 2.68. The van der Waals surface area contributed by atoms with E-state index in [-0.39, 0.29) is 11.7 Å². The summed E-state index contributed by atoms with van der Waals surface area (Å²) in [4.78, 5) is 12.4. The molecule has 0 spiro atoms. The predicted octanol–water partition coefficient (Wildman–Crippen LogP) is 5.90. The molecule has 0 bridgehead atoms. The Morgan fingerprint density at radius 1 is 0.769 bits per heavy atom. The molecule has 1 N–H and O–H groups in total. The number of rotatable bonds is 3. The lowest BCUT2D eigenvalue weighted by molar-refractivity contribution is 0.102. The maximum absolute atomic E-state index is 13.2. The van der Waals surface area contributed by atoms with E-state index in [1.54, 1.807) is 24.3 Å². The van der Waals surface area contributed by atoms with Crippen LogP contribution in [0.4, 0.5) is 10.1 Å². The van der Waals surface area contributed by atoms with Crippen molar-refractivity contribution in [2.75, 3.05) is 5.32 Å². The molecule has 0 heterocycles. The van der Waals surface area contributed by atoms with Crippen molar-refractivity contribution in [2.24, 2.45) is 0 Å². The minimum atomic E-state index is -0.380. The quantitative estimate of drug-likeness (QED) is 0.494. The van der Waals surface area contributed by atoms with Crippen LogP contribution in [0.25, 0.3) is 21.9 Å². The Hall–Kier alpha value is -3.46. The minimum Gasteiger partial charge on any atom is -0.322 e. The van der Waals surface area contributed by atoms with Crippen LogP contribution in [-0.2, 0) is 0 Å². The first-order chi connectivity index (χ1) is 12.7. The predicted molar refractivity (Wildman–Crippen MR) is 104 cm³/mol. The minimum absolute atomic E-state index is 0.264. The number of amides is 1. The number of carbonyl (C=O) groups excluding carboxylic acids is 1. The molecular formula is C23H16FNO. The van der Waals surface area contributed by atoms with E-state index in [0.717, 1.165) is 11.1 Å². The van der Waals surface area contributed by atoms with Gasteiger partial charge in [-0.1, -0.05) is 60.7 Å². The third-order valence-corrected chi connectivity index (χ3v) is 4.33. The van der Waals surface area contributed by atoms with Gasteiger partial charge in [0.15, 0.2) is 0 Å². The molecule has 4 aromatic rings. The molecule has 126 valence electrons. The van der Waals surface area contributed by atoms with Crippen LogP contribution in [0.3, 0.4) is 0 Å². The highest BCUT2D eigenvalue weighted by Crippen LogP contribution is 2.28. The maximum atomic E-state index is 13.2. The number of fused-ring (bicyclic) bond motifs is 1. The lowest BCUT2D eigenvalue weighted by Gasteiger charge is -2.09. The second-order valence-electron chi connectivity index (χ2n) is 6.07. The molecule has 2 nitrogen and oxygen atoms in total. The molecule has 4 aromatic carbocycles. The second kappa shape index (κ2) is 6.81. The Morgan fingerprint density at radius 3 is 2.31 bits per heavy atom. The van der Waals surface area contributed by atoms with Crippen LogP contribution in [-0.4, -0.2) is 5.91 Å². The normalized spacial score (nSPS) is 10.7. The van der Waals surface area contributed by atoms with E-state index in [4.69, 9.17) is 0 Å². The van der Waals surface area contributed by atoms with Gasteiger partial charge >= 0.3 is 0 Å². The van der Waals surface area contributed by atoms with E-state index < -0.39 is 0 Å². The van der Waals surface area contributed by atoms with E-state index in [9.17, 15) is 9.18 Å². The molecule has 3 heteroatoms. The first-order valence-electron chi connectivity index (χ1n) is 8.36. The number of benzene rings is 4. The van der Waals surface area contributed by atoms with Gasteiger partial charge < -0.3 is 5.32 Å². The van der Waals surface area contributed by atoms with Gasteiger partial charge in [0.25, 0.3) is 5.91 Å². The number of hydrogen-bond acceptors (Lipinski definition) is 1. The van der Waals surface area contributed by atoms with Crippen LogP contribution in [0, 0.1) is 5.82 Å². The summed E-state index contributed by atoms with van der Waals surface area (Å²) in [5.41, 5.74) is 3.13. The van der Waals surface area contributed by atoms with Crippen LogP contribution in [0.2, 0.25) is 0 Å². The Bertz CT molecular complexity index is 1080. The monoisotopic (exact) mass is 341 g/mol. The van der Waals surface area contributed by atoms with Crippen LogP contribution < -0.4 is 5.32 Å². The van der Waals surface area contributed by atoms with Gasteiger partial charge in [-0.2, -0.15) is 0 Å². The van der Waals surface area contributed by atoms with Crippen LogP contribution in [0.15, 0.2) is 91.0 Å². The van der Waals surface area contributed by atoms with Gasteiger partial charge in [-0.25, -0.2) is 4.39 Å². The maximum Gasteiger partial charge on any atom is 0.255 e. The Balaban J connectivity index is 1.61. The van der Waals surface area contributed by atoms with Gasteiger partial charge in [-0.3, -0.25) is 4.79 Å². The first-order valence-corrected chi connectivity index (χ1v) is 8.36. The fourth-order valence-electron chi connectivity index (χ4n) is 3.05. The van der Waals surface area contributed by atoms with Crippen LogP contribution in [0.5, 0.6) is 0 Å². The van der Waals surface area contributed by atoms with Crippen molar-refractivity contribution in [1.29, 1.82) is 0 Å². The molecule has 0 saturated carbocycles. The van der Waals surface area contributed by atoms with Crippen molar-refractivity contribution in [3.8, 4) is 11.1 Å². The number of carbonyl (C=O) groups is 1. The summed E-state index contributed by atoms with van der Waals surface area (Å²) in [7, 11) is 0. The number of nitrogens with one attached hydrogen (secondary N) is 1. The number of hydrogen-bond donors (Lipinski definition) is 1. The van der Waals surface area contributed by atoms with Gasteiger partial charge in [0.05, 0.1) is 0 Å². The fourth-order valence-corrected chi connectivity index (χ4v) is 3.05. The highest BCUT2D eigenvalue weighted by molar-refractivity contribution is 6.05. The van der Waals surface area contributed by atoms with Gasteiger partial charge in [0.1, 0.15) is 5.82 Å². The van der Waals surface area contributed by atoms with Gasteiger partial charge in [-0.15, -0.1) is 0 Å². The molecule has 0 aromatic heterocycles. The summed E-state index contributed by atoms with van der Waals surface area (Å²) in [5.74, 6) is -0.644. The lowest BCUT2D eigenvalue weighted by atomic mass is 9.97. The largest absolute Gasteiger partial charge is 0.322 e. The molecule has 26 heavy (non-hydrogen) atoms. The number of halogens is 1. The third kappa shape index (κ3) is 3.20. The van der Waals surface area contributed by atoms with Crippen LogP contribution >= 0.6 is 0 Å². The molecule has 0 atom stereocenters. The molecule has 0 saturated heterocycles. The van der Waals surface area contributed by atoms with E-state index >= 15 is 0 Å². The van der Waals surface area contributed by atoms with Crippen molar-refractivity contribution >= 4 is 22.4 Å². The van der Waals surface area contributed by atoms with Gasteiger partial charge in [-0.05, 0) is 52.2 Å². The zero-order valence-corrected chi connectivity index (χ0v) is 13.9. The zero-order valence-electron chi connectivity index (χ0n) is 13.9. The summed E-state index contributed by atoms with van der Waals surface area (Å²) in [5, 5.41) is 5.06. The SMILES string of the molecule is O=C(Nc1cccc(F)c1)c1ccc(-c2cccc3ccccc23)cc1. The molecule has 0 fully saturated rings. The molecule has 0 aliphatic heterocycles. The zero-order chi connectivity index (χ0) is 17.9. The van der Waals surface area contributed by atoms with E-state index in [1.165, 1.54) is 22.9 Å². The summed E-state index contributed by atoms with van der Waals surface area (Å²) >= 11 is 0. The summed E-state index contributed by atoms with van der Waals surface area (Å²) in [6, 6.07) is 27.7. The smallest absolute Gasteiger partial charge is 0.255 e. The van der Waals surface area contributed by atoms with Gasteiger partial charge in [0, 0.05) is 11.3 Å². The van der Waals surface area contributed by atoms with E-state index in [0.29, 0.717) is 11.3 Å². The highest BCUT2D eigenvalue weighted by atomic mass is 19.1. The average molecular weight is 341 g/mol. The van der Waals surface area contributed by atoms with Crippen molar-refractivity contribution in [3.05, 3.63) is 102 Å². The third-order valence-electron chi connectivity index (χ3n) is 4.33. The molecule has 0 aliphatic rings. The van der Waals surface area contributed by atoms with E-state index in [1.807, 2.05) is 30.3 Å². The second-order valence-corrected chi connectivity index (χ2v) is 6.07. The fraction of sp³-hybridized carbons (Fsp3) is 0. The molecule has 0 radical (unpaired) electrons. The Labute approximate surface area is 150 Å². The van der Waals surface area contributed by atoms with Gasteiger partial charge in [0.2, 0.25) is 0 Å². The van der Waals surface area contributed by atoms with Crippen molar-refractivity contribution in [1.82, 2.24) is 0 Å². The molecular weight excluding hydrogens is 325 g/mol. The molecule has 1 amide bonds. The number of anilines is 1. The standard InChI is InChI=1S/C23H16FNO/c24-19-7-4-8-20(15-19)25-23(26)18-13-11-17(12-14-18)22-10-3-6-16-5-1-2-9-21(16)22/h1-15H,(H,25,26). The Morgan fingerprint density at radius 2 is 1.50 bits per heavy atom. The molecule has 0 unspecified atom stereocenters. The first kappa shape index (κ1) is 16.0. The molecule has 0 aliphatic carbocycles. The van der Waals surface area contributed by atoms with Crippen molar-refractivity contribution < 1.29 is 9.18 Å². The topological polar surface area (TPSA) is 29.1 Å². The summed E-state index contributed by atoms with van der Waals surface area (Å²) in [6.07, 6.45) is 0. The van der Waals surface area contributed by atoms with E-state index in [2.05, 4.69) is 29.6 Å². The van der Waals surface area contributed by atoms with Crippen molar-refractivity contribution in [2.45, 2.75) is 0 Å².